The topological polar surface area (TPSA) is 139 Å². The van der Waals surface area contributed by atoms with Gasteiger partial charge in [0.1, 0.15) is 28.6 Å². The largest absolute Gasteiger partial charge is 0.488 e. The van der Waals surface area contributed by atoms with E-state index < -0.39 is 61.9 Å². The Bertz CT molecular complexity index is 2150. The number of halogens is 3. The molecule has 16 heteroatoms. The Morgan fingerprint density at radius 1 is 1.16 bits per heavy atom. The van der Waals surface area contributed by atoms with Crippen LogP contribution in [0.5, 0.6) is 5.75 Å². The lowest BCUT2D eigenvalue weighted by Gasteiger charge is -2.29. The first-order chi connectivity index (χ1) is 25.8. The SMILES string of the molecule is C=CCCCCN(C)C(=O)[C@@H]1CC(Oc2cc(-c3nc(C(F)(F)F)cs3)nc3c(C)c(C)ccc23)CN1C(=O)C[C@]1(C(=O)NS(=O)(=O)C2(C)CC2)C[C@H]1C=C. The minimum absolute atomic E-state index is 0.0359. The van der Waals surface area contributed by atoms with Gasteiger partial charge in [-0.3, -0.25) is 19.1 Å². The third-order valence-electron chi connectivity index (χ3n) is 11.3. The van der Waals surface area contributed by atoms with Gasteiger partial charge in [0.25, 0.3) is 0 Å². The van der Waals surface area contributed by atoms with Gasteiger partial charge in [-0.25, -0.2) is 18.4 Å². The van der Waals surface area contributed by atoms with Gasteiger partial charge >= 0.3 is 6.18 Å². The lowest BCUT2D eigenvalue weighted by atomic mass is 9.97. The highest BCUT2D eigenvalue weighted by Crippen LogP contribution is 2.57. The summed E-state index contributed by atoms with van der Waals surface area (Å²) in [4.78, 5) is 53.5. The number of likely N-dealkylation sites (N-methyl/N-ethyl adjacent to an activating group) is 1. The molecule has 11 nitrogen and oxygen atoms in total. The van der Waals surface area contributed by atoms with Gasteiger partial charge < -0.3 is 14.5 Å². The second-order valence-electron chi connectivity index (χ2n) is 15.3. The number of carbonyl (C=O) groups is 3. The summed E-state index contributed by atoms with van der Waals surface area (Å²) in [5, 5.41) is 1.58. The maximum atomic E-state index is 14.3. The molecule has 1 N–H and O–H groups in total. The van der Waals surface area contributed by atoms with E-state index in [1.54, 1.807) is 31.0 Å². The van der Waals surface area contributed by atoms with Crippen molar-refractivity contribution in [1.82, 2.24) is 24.5 Å². The fraction of sp³-hybridized carbons (Fsp3) is 0.513. The molecule has 6 rings (SSSR count). The third kappa shape index (κ3) is 8.02. The Hall–Kier alpha value is -4.31. The monoisotopic (exact) mass is 801 g/mol. The van der Waals surface area contributed by atoms with Gasteiger partial charge in [-0.2, -0.15) is 13.2 Å². The Kier molecular flexibility index (Phi) is 11.0. The Balaban J connectivity index is 1.30. The van der Waals surface area contributed by atoms with E-state index in [2.05, 4.69) is 22.9 Å². The Morgan fingerprint density at radius 2 is 1.89 bits per heavy atom. The van der Waals surface area contributed by atoms with E-state index in [9.17, 15) is 36.0 Å². The molecule has 0 spiro atoms. The number of fused-ring (bicyclic) bond motifs is 1. The van der Waals surface area contributed by atoms with Crippen LogP contribution >= 0.6 is 11.3 Å². The zero-order chi connectivity index (χ0) is 40.1. The molecule has 2 aromatic heterocycles. The molecule has 3 fully saturated rings. The highest BCUT2D eigenvalue weighted by molar-refractivity contribution is 7.91. The number of nitrogens with zero attached hydrogens (tertiary/aromatic N) is 4. The number of hydrogen-bond donors (Lipinski definition) is 1. The number of nitrogens with one attached hydrogen (secondary N) is 1. The number of hydrogen-bond acceptors (Lipinski definition) is 9. The van der Waals surface area contributed by atoms with Crippen molar-refractivity contribution in [2.45, 2.75) is 95.2 Å². The molecule has 3 amide bonds. The number of carbonyl (C=O) groups excluding carboxylic acids is 3. The molecule has 0 radical (unpaired) electrons. The van der Waals surface area contributed by atoms with Crippen molar-refractivity contribution in [3.8, 4) is 16.5 Å². The van der Waals surface area contributed by atoms with E-state index in [1.165, 1.54) is 11.0 Å². The molecule has 3 aromatic rings. The number of amides is 3. The zero-order valence-corrected chi connectivity index (χ0v) is 33.0. The summed E-state index contributed by atoms with van der Waals surface area (Å²) >= 11 is 0.809. The fourth-order valence-corrected chi connectivity index (χ4v) is 9.27. The second-order valence-corrected chi connectivity index (χ2v) is 18.3. The molecule has 1 aromatic carbocycles. The highest BCUT2D eigenvalue weighted by atomic mass is 32.2. The van der Waals surface area contributed by atoms with Crippen molar-refractivity contribution in [3.05, 3.63) is 65.7 Å². The summed E-state index contributed by atoms with van der Waals surface area (Å²) in [7, 11) is -2.31. The Labute approximate surface area is 323 Å². The van der Waals surface area contributed by atoms with Crippen molar-refractivity contribution in [3.63, 3.8) is 0 Å². The van der Waals surface area contributed by atoms with Crippen molar-refractivity contribution < 1.29 is 40.7 Å². The molecule has 3 heterocycles. The third-order valence-corrected chi connectivity index (χ3v) is 14.4. The van der Waals surface area contributed by atoms with Crippen molar-refractivity contribution in [1.29, 1.82) is 0 Å². The van der Waals surface area contributed by atoms with E-state index in [-0.39, 0.29) is 42.4 Å². The van der Waals surface area contributed by atoms with Crippen LogP contribution in [-0.2, 0) is 30.6 Å². The number of unbranched alkanes of at least 4 members (excludes halogenated alkanes) is 2. The van der Waals surface area contributed by atoms with Gasteiger partial charge in [-0.15, -0.1) is 24.5 Å². The number of pyridine rings is 1. The van der Waals surface area contributed by atoms with Crippen LogP contribution in [0.1, 0.15) is 75.1 Å². The predicted molar refractivity (Wildman–Crippen MR) is 204 cm³/mol. The lowest BCUT2D eigenvalue weighted by molar-refractivity contribution is -0.144. The van der Waals surface area contributed by atoms with E-state index in [0.29, 0.717) is 42.5 Å². The first-order valence-corrected chi connectivity index (χ1v) is 20.7. The number of alkyl halides is 3. The molecule has 1 unspecified atom stereocenters. The van der Waals surface area contributed by atoms with E-state index in [1.807, 2.05) is 26.0 Å². The molecule has 1 saturated heterocycles. The number of likely N-dealkylation sites (tertiary alicyclic amines) is 1. The summed E-state index contributed by atoms with van der Waals surface area (Å²) in [6, 6.07) is 4.27. The zero-order valence-electron chi connectivity index (χ0n) is 31.4. The van der Waals surface area contributed by atoms with Crippen LogP contribution in [0.2, 0.25) is 0 Å². The van der Waals surface area contributed by atoms with Crippen LogP contribution < -0.4 is 9.46 Å². The van der Waals surface area contributed by atoms with Crippen LogP contribution in [0.3, 0.4) is 0 Å². The van der Waals surface area contributed by atoms with Gasteiger partial charge in [-0.05, 0) is 82.4 Å². The number of ether oxygens (including phenoxy) is 1. The number of thiazole rings is 1. The predicted octanol–water partition coefficient (Wildman–Crippen LogP) is 6.74. The molecule has 1 aliphatic heterocycles. The van der Waals surface area contributed by atoms with Crippen molar-refractivity contribution >= 4 is 50.0 Å². The van der Waals surface area contributed by atoms with E-state index >= 15 is 0 Å². The average Bonchev–Trinajstić information content (AvgIpc) is 3.91. The quantitative estimate of drug-likeness (QED) is 0.132. The average molecular weight is 802 g/mol. The van der Waals surface area contributed by atoms with Gasteiger partial charge in [0.2, 0.25) is 27.7 Å². The highest BCUT2D eigenvalue weighted by Gasteiger charge is 2.62. The molecular formula is C39H46F3N5O6S2. The van der Waals surface area contributed by atoms with E-state index in [0.717, 1.165) is 40.7 Å². The number of sulfonamides is 1. The molecule has 296 valence electrons. The van der Waals surface area contributed by atoms with Crippen molar-refractivity contribution in [2.75, 3.05) is 20.1 Å². The van der Waals surface area contributed by atoms with E-state index in [4.69, 9.17) is 9.72 Å². The summed E-state index contributed by atoms with van der Waals surface area (Å²) < 4.78 is 74.3. The molecule has 3 aliphatic rings. The molecule has 4 atom stereocenters. The number of benzene rings is 1. The molecule has 55 heavy (non-hydrogen) atoms. The molecule has 0 bridgehead atoms. The van der Waals surface area contributed by atoms with Crippen LogP contribution in [0.25, 0.3) is 21.6 Å². The maximum Gasteiger partial charge on any atom is 0.434 e. The summed E-state index contributed by atoms with van der Waals surface area (Å²) in [5.41, 5.74) is 0.0384. The summed E-state index contributed by atoms with van der Waals surface area (Å²) in [6.07, 6.45) is 1.15. The number of rotatable bonds is 15. The van der Waals surface area contributed by atoms with Crippen LogP contribution in [-0.4, -0.2) is 82.9 Å². The molecule has 2 saturated carbocycles. The van der Waals surface area contributed by atoms with Crippen LogP contribution in [0.4, 0.5) is 13.2 Å². The normalized spacial score (nSPS) is 23.0. The Morgan fingerprint density at radius 3 is 2.51 bits per heavy atom. The first kappa shape index (κ1) is 40.4. The summed E-state index contributed by atoms with van der Waals surface area (Å²) in [5.74, 6) is -1.71. The second kappa shape index (κ2) is 15.0. The minimum atomic E-state index is -4.63. The standard InChI is InChI=1S/C39H46F3N5O6S2/c1-7-9-10-11-16-46(6)35(49)29-17-26(21-47(29)32(48)20-38(19-25(38)8-2)36(50)45-55(51,52)37(5)14-15-37)53-30-18-28(34-44-31(22-54-34)39(40,41)42)43-33-24(4)23(3)12-13-27(30)33/h7-8,12-13,18,22,25-26,29H,1-2,9-11,14-17,19-21H2,3-6H3,(H,45,50)/t25-,26?,29+,38-/m1/s1. The number of aryl methyl sites for hydroxylation is 2. The first-order valence-electron chi connectivity index (χ1n) is 18.3. The van der Waals surface area contributed by atoms with Gasteiger partial charge in [0, 0.05) is 43.3 Å². The van der Waals surface area contributed by atoms with Gasteiger partial charge in [0.15, 0.2) is 5.69 Å². The minimum Gasteiger partial charge on any atom is -0.488 e. The number of aromatic nitrogens is 2. The van der Waals surface area contributed by atoms with Crippen LogP contribution in [0.15, 0.2) is 48.9 Å². The molecular weight excluding hydrogens is 756 g/mol. The van der Waals surface area contributed by atoms with Gasteiger partial charge in [0.05, 0.1) is 22.2 Å². The summed E-state index contributed by atoms with van der Waals surface area (Å²) in [6.45, 7) is 13.3. The smallest absolute Gasteiger partial charge is 0.434 e. The van der Waals surface area contributed by atoms with Crippen LogP contribution in [0, 0.1) is 25.2 Å². The van der Waals surface area contributed by atoms with Gasteiger partial charge in [-0.1, -0.05) is 18.2 Å². The fourth-order valence-electron chi connectivity index (χ4n) is 7.15. The maximum absolute atomic E-state index is 14.3. The molecule has 2 aliphatic carbocycles. The van der Waals surface area contributed by atoms with Crippen molar-refractivity contribution in [2.24, 2.45) is 11.3 Å². The lowest BCUT2D eigenvalue weighted by Crippen LogP contribution is -2.49. The number of allylic oxidation sites excluding steroid dienone is 2.